The largest absolute Gasteiger partial charge is 0.292 e. The molecule has 0 saturated carbocycles. The van der Waals surface area contributed by atoms with Gasteiger partial charge in [0.25, 0.3) is 0 Å². The lowest BCUT2D eigenvalue weighted by Gasteiger charge is -2.14. The minimum Gasteiger partial charge on any atom is -0.292 e. The molecule has 2 nitrogen and oxygen atoms in total. The van der Waals surface area contributed by atoms with Gasteiger partial charge in [-0.3, -0.25) is 4.79 Å². The third kappa shape index (κ3) is 2.81. The smallest absolute Gasteiger partial charge is 0.185 e. The highest BCUT2D eigenvalue weighted by atomic mass is 35.5. The Morgan fingerprint density at radius 1 is 1.19 bits per heavy atom. The van der Waals surface area contributed by atoms with Crippen molar-refractivity contribution >= 4 is 17.4 Å². The summed E-state index contributed by atoms with van der Waals surface area (Å²) in [7, 11) is 0. The molecule has 0 aliphatic heterocycles. The fourth-order valence-corrected chi connectivity index (χ4v) is 2.54. The second kappa shape index (κ2) is 6.07. The highest BCUT2D eigenvalue weighted by Gasteiger charge is 2.27. The fraction of sp³-hybridized carbons (Fsp3) is 0.176. The topological polar surface area (TPSA) is 40.9 Å². The van der Waals surface area contributed by atoms with E-state index in [0.29, 0.717) is 5.56 Å². The number of Topliss-reactive ketones (excluding diaryl/α,β-unsaturated/α-hetero) is 1. The summed E-state index contributed by atoms with van der Waals surface area (Å²) in [6, 6.07) is 11.7. The summed E-state index contributed by atoms with van der Waals surface area (Å²) in [5.74, 6) is -2.33. The molecule has 1 atom stereocenters. The minimum absolute atomic E-state index is 0.0117. The maximum atomic E-state index is 14.1. The minimum atomic E-state index is -1.21. The summed E-state index contributed by atoms with van der Waals surface area (Å²) in [5.41, 5.74) is 2.01. The van der Waals surface area contributed by atoms with Crippen molar-refractivity contribution in [3.05, 3.63) is 69.5 Å². The summed E-state index contributed by atoms with van der Waals surface area (Å²) in [4.78, 5) is 12.6. The van der Waals surface area contributed by atoms with Gasteiger partial charge in [-0.2, -0.15) is 5.26 Å². The molecular formula is C17H13ClFNO. The molecule has 0 saturated heterocycles. The Labute approximate surface area is 127 Å². The van der Waals surface area contributed by atoms with E-state index in [4.69, 9.17) is 11.6 Å². The molecule has 21 heavy (non-hydrogen) atoms. The number of halogens is 2. The van der Waals surface area contributed by atoms with Crippen LogP contribution in [-0.2, 0) is 0 Å². The maximum absolute atomic E-state index is 14.1. The van der Waals surface area contributed by atoms with Crippen LogP contribution in [0.15, 0.2) is 36.4 Å². The van der Waals surface area contributed by atoms with Gasteiger partial charge in [0.15, 0.2) is 5.78 Å². The molecule has 0 heterocycles. The number of benzene rings is 2. The molecule has 1 unspecified atom stereocenters. The first-order chi connectivity index (χ1) is 9.97. The van der Waals surface area contributed by atoms with E-state index in [1.165, 1.54) is 18.2 Å². The maximum Gasteiger partial charge on any atom is 0.185 e. The highest BCUT2D eigenvalue weighted by Crippen LogP contribution is 2.29. The molecule has 4 heteroatoms. The molecule has 0 N–H and O–H groups in total. The molecular weight excluding hydrogens is 289 g/mol. The van der Waals surface area contributed by atoms with Gasteiger partial charge in [0, 0.05) is 11.1 Å². The lowest BCUT2D eigenvalue weighted by atomic mass is 9.87. The number of hydrogen-bond acceptors (Lipinski definition) is 2. The van der Waals surface area contributed by atoms with Gasteiger partial charge in [-0.05, 0) is 31.0 Å². The van der Waals surface area contributed by atoms with Gasteiger partial charge in [-0.15, -0.1) is 0 Å². The van der Waals surface area contributed by atoms with Crippen molar-refractivity contribution in [2.75, 3.05) is 0 Å². The molecule has 106 valence electrons. The van der Waals surface area contributed by atoms with Crippen LogP contribution in [0.25, 0.3) is 0 Å². The van der Waals surface area contributed by atoms with Crippen molar-refractivity contribution < 1.29 is 9.18 Å². The van der Waals surface area contributed by atoms with E-state index in [1.807, 2.05) is 12.1 Å². The highest BCUT2D eigenvalue weighted by molar-refractivity contribution is 6.30. The Kier molecular flexibility index (Phi) is 4.40. The first kappa shape index (κ1) is 15.2. The van der Waals surface area contributed by atoms with E-state index < -0.39 is 17.5 Å². The van der Waals surface area contributed by atoms with Gasteiger partial charge in [0.1, 0.15) is 11.7 Å². The number of aryl methyl sites for hydroxylation is 2. The van der Waals surface area contributed by atoms with E-state index >= 15 is 0 Å². The van der Waals surface area contributed by atoms with E-state index in [2.05, 4.69) is 0 Å². The van der Waals surface area contributed by atoms with Crippen molar-refractivity contribution in [1.82, 2.24) is 0 Å². The quantitative estimate of drug-likeness (QED) is 0.778. The van der Waals surface area contributed by atoms with Crippen molar-refractivity contribution in [3.8, 4) is 6.07 Å². The van der Waals surface area contributed by atoms with Gasteiger partial charge in [0.05, 0.1) is 11.1 Å². The van der Waals surface area contributed by atoms with Crippen LogP contribution in [0, 0.1) is 31.0 Å². The zero-order valence-corrected chi connectivity index (χ0v) is 12.4. The van der Waals surface area contributed by atoms with Crippen LogP contribution >= 0.6 is 11.6 Å². The second-order valence-electron chi connectivity index (χ2n) is 4.84. The summed E-state index contributed by atoms with van der Waals surface area (Å²) < 4.78 is 14.1. The molecule has 0 bridgehead atoms. The molecule has 2 rings (SSSR count). The average Bonchev–Trinajstić information content (AvgIpc) is 2.44. The number of hydrogen-bond donors (Lipinski definition) is 0. The molecule has 0 aromatic heterocycles. The number of rotatable bonds is 3. The number of carbonyl (C=O) groups excluding carboxylic acids is 1. The van der Waals surface area contributed by atoms with Gasteiger partial charge in [-0.25, -0.2) is 4.39 Å². The molecule has 0 radical (unpaired) electrons. The first-order valence-electron chi connectivity index (χ1n) is 6.41. The zero-order chi connectivity index (χ0) is 15.6. The predicted octanol–water partition coefficient (Wildman–Crippen LogP) is 4.59. The summed E-state index contributed by atoms with van der Waals surface area (Å²) in [5, 5.41) is 9.23. The average molecular weight is 302 g/mol. The van der Waals surface area contributed by atoms with E-state index in [-0.39, 0.29) is 10.6 Å². The third-order valence-corrected chi connectivity index (χ3v) is 3.70. The SMILES string of the molecule is Cc1cccc(C)c1C(=O)C(C#N)c1cccc(Cl)c1F. The van der Waals surface area contributed by atoms with Gasteiger partial charge in [-0.1, -0.05) is 41.9 Å². The normalized spacial score (nSPS) is 11.8. The number of nitriles is 1. The Bertz CT molecular complexity index is 729. The Morgan fingerprint density at radius 2 is 1.76 bits per heavy atom. The van der Waals surface area contributed by atoms with Crippen LogP contribution in [0.4, 0.5) is 4.39 Å². The summed E-state index contributed by atoms with van der Waals surface area (Å²) in [6.07, 6.45) is 0. The molecule has 2 aromatic carbocycles. The van der Waals surface area contributed by atoms with Gasteiger partial charge < -0.3 is 0 Å². The molecule has 0 spiro atoms. The third-order valence-electron chi connectivity index (χ3n) is 3.41. The second-order valence-corrected chi connectivity index (χ2v) is 5.24. The monoisotopic (exact) mass is 301 g/mol. The number of nitrogens with zero attached hydrogens (tertiary/aromatic N) is 1. The van der Waals surface area contributed by atoms with Gasteiger partial charge >= 0.3 is 0 Å². The van der Waals surface area contributed by atoms with Crippen LogP contribution in [-0.4, -0.2) is 5.78 Å². The molecule has 0 aliphatic carbocycles. The summed E-state index contributed by atoms with van der Waals surface area (Å²) in [6.45, 7) is 3.59. The van der Waals surface area contributed by atoms with Crippen LogP contribution < -0.4 is 0 Å². The molecule has 0 aliphatic rings. The first-order valence-corrected chi connectivity index (χ1v) is 6.79. The zero-order valence-electron chi connectivity index (χ0n) is 11.7. The lowest BCUT2D eigenvalue weighted by Crippen LogP contribution is -2.15. The Morgan fingerprint density at radius 3 is 2.33 bits per heavy atom. The number of ketones is 1. The molecule has 2 aromatic rings. The number of carbonyl (C=O) groups is 1. The van der Waals surface area contributed by atoms with Crippen molar-refractivity contribution in [2.45, 2.75) is 19.8 Å². The molecule has 0 fully saturated rings. The summed E-state index contributed by atoms with van der Waals surface area (Å²) >= 11 is 5.73. The fourth-order valence-electron chi connectivity index (χ4n) is 2.36. The lowest BCUT2D eigenvalue weighted by molar-refractivity contribution is 0.0976. The van der Waals surface area contributed by atoms with Crippen molar-refractivity contribution in [1.29, 1.82) is 5.26 Å². The van der Waals surface area contributed by atoms with Crippen LogP contribution in [0.1, 0.15) is 33.0 Å². The van der Waals surface area contributed by atoms with E-state index in [1.54, 1.807) is 26.0 Å². The standard InChI is InChI=1S/C17H13ClFNO/c1-10-5-3-6-11(2)15(10)17(21)13(9-20)12-7-4-8-14(18)16(12)19/h3-8,13H,1-2H3. The van der Waals surface area contributed by atoms with Crippen molar-refractivity contribution in [2.24, 2.45) is 0 Å². The van der Waals surface area contributed by atoms with Crippen LogP contribution in [0.2, 0.25) is 5.02 Å². The van der Waals surface area contributed by atoms with Crippen molar-refractivity contribution in [3.63, 3.8) is 0 Å². The Hall–Kier alpha value is -2.18. The van der Waals surface area contributed by atoms with E-state index in [9.17, 15) is 14.4 Å². The molecule has 0 amide bonds. The van der Waals surface area contributed by atoms with Crippen LogP contribution in [0.3, 0.4) is 0 Å². The van der Waals surface area contributed by atoms with E-state index in [0.717, 1.165) is 11.1 Å². The van der Waals surface area contributed by atoms with Gasteiger partial charge in [0.2, 0.25) is 0 Å². The van der Waals surface area contributed by atoms with Crippen LogP contribution in [0.5, 0.6) is 0 Å². The Balaban J connectivity index is 2.55. The predicted molar refractivity (Wildman–Crippen MR) is 80.0 cm³/mol.